The van der Waals surface area contributed by atoms with E-state index in [0.29, 0.717) is 5.57 Å². The lowest BCUT2D eigenvalue weighted by atomic mass is 10.3. The molecule has 1 amide bonds. The summed E-state index contributed by atoms with van der Waals surface area (Å²) in [6, 6.07) is 0. The Kier molecular flexibility index (Phi) is 2.52. The van der Waals surface area contributed by atoms with Gasteiger partial charge in [-0.2, -0.15) is 0 Å². The summed E-state index contributed by atoms with van der Waals surface area (Å²) in [5, 5.41) is 0. The quantitative estimate of drug-likeness (QED) is 0.462. The van der Waals surface area contributed by atoms with Gasteiger partial charge in [-0.15, -0.1) is 0 Å². The Morgan fingerprint density at radius 2 is 2.45 bits per heavy atom. The second kappa shape index (κ2) is 3.24. The summed E-state index contributed by atoms with van der Waals surface area (Å²) in [5.41, 5.74) is 0.338. The van der Waals surface area contributed by atoms with Gasteiger partial charge in [0, 0.05) is 12.7 Å². The molecule has 4 heteroatoms. The van der Waals surface area contributed by atoms with Crippen molar-refractivity contribution in [3.8, 4) is 0 Å². The van der Waals surface area contributed by atoms with E-state index in [9.17, 15) is 4.79 Å². The Hall–Kier alpha value is -0.540. The number of nitrogens with zero attached hydrogens (tertiary/aromatic N) is 1. The van der Waals surface area contributed by atoms with E-state index in [2.05, 4.69) is 0 Å². The van der Waals surface area contributed by atoms with Crippen molar-refractivity contribution in [2.45, 2.75) is 12.4 Å². The number of hydrogen-bond acceptors (Lipinski definition) is 2. The fourth-order valence-electron chi connectivity index (χ4n) is 0.975. The average molecular weight is 176 g/mol. The van der Waals surface area contributed by atoms with Crippen LogP contribution in [0.1, 0.15) is 6.92 Å². The number of alkyl halides is 1. The predicted octanol–water partition coefficient (Wildman–Crippen LogP) is 0.944. The molecule has 0 saturated carbocycles. The van der Waals surface area contributed by atoms with Gasteiger partial charge in [0.2, 0.25) is 0 Å². The molecule has 11 heavy (non-hydrogen) atoms. The number of hydrogen-bond donors (Lipinski definition) is 0. The van der Waals surface area contributed by atoms with Crippen LogP contribution in [-0.2, 0) is 9.53 Å². The standard InChI is InChI=1S/C7H10ClNO2/c1-5-3-6(8)9(4-11-2)7(5)10/h3,6H,4H2,1-2H3. The number of amides is 1. The van der Waals surface area contributed by atoms with Crippen molar-refractivity contribution < 1.29 is 9.53 Å². The van der Waals surface area contributed by atoms with Gasteiger partial charge >= 0.3 is 0 Å². The van der Waals surface area contributed by atoms with Crippen LogP contribution in [0.4, 0.5) is 0 Å². The highest BCUT2D eigenvalue weighted by molar-refractivity contribution is 6.24. The van der Waals surface area contributed by atoms with Gasteiger partial charge in [0.05, 0.1) is 0 Å². The number of ether oxygens (including phenoxy) is 1. The zero-order valence-electron chi connectivity index (χ0n) is 6.50. The summed E-state index contributed by atoms with van der Waals surface area (Å²) in [4.78, 5) is 12.7. The van der Waals surface area contributed by atoms with Crippen LogP contribution in [0.15, 0.2) is 11.6 Å². The molecule has 1 aliphatic rings. The maximum Gasteiger partial charge on any atom is 0.252 e. The largest absolute Gasteiger partial charge is 0.364 e. The van der Waals surface area contributed by atoms with E-state index < -0.39 is 0 Å². The average Bonchev–Trinajstić information content (AvgIpc) is 2.17. The first-order chi connectivity index (χ1) is 5.16. The number of rotatable bonds is 2. The van der Waals surface area contributed by atoms with Crippen LogP contribution in [0.2, 0.25) is 0 Å². The van der Waals surface area contributed by atoms with E-state index in [1.807, 2.05) is 0 Å². The van der Waals surface area contributed by atoms with E-state index in [1.165, 1.54) is 12.0 Å². The molecule has 0 N–H and O–H groups in total. The van der Waals surface area contributed by atoms with Gasteiger partial charge in [0.15, 0.2) is 0 Å². The summed E-state index contributed by atoms with van der Waals surface area (Å²) in [7, 11) is 1.53. The molecule has 1 rings (SSSR count). The van der Waals surface area contributed by atoms with Crippen molar-refractivity contribution in [2.75, 3.05) is 13.8 Å². The predicted molar refractivity (Wildman–Crippen MR) is 42.1 cm³/mol. The third-order valence-electron chi connectivity index (χ3n) is 1.55. The normalized spacial score (nSPS) is 24.3. The molecule has 0 saturated heterocycles. The Morgan fingerprint density at radius 1 is 1.82 bits per heavy atom. The van der Waals surface area contributed by atoms with Crippen molar-refractivity contribution in [3.63, 3.8) is 0 Å². The second-order valence-electron chi connectivity index (χ2n) is 2.42. The fraction of sp³-hybridized carbons (Fsp3) is 0.571. The van der Waals surface area contributed by atoms with Crippen LogP contribution in [0.25, 0.3) is 0 Å². The van der Waals surface area contributed by atoms with E-state index in [1.54, 1.807) is 13.0 Å². The highest BCUT2D eigenvalue weighted by atomic mass is 35.5. The third-order valence-corrected chi connectivity index (χ3v) is 1.91. The second-order valence-corrected chi connectivity index (χ2v) is 2.86. The Labute approximate surface area is 70.6 Å². The van der Waals surface area contributed by atoms with Crippen molar-refractivity contribution in [2.24, 2.45) is 0 Å². The number of halogens is 1. The van der Waals surface area contributed by atoms with E-state index in [-0.39, 0.29) is 18.1 Å². The molecule has 0 aromatic carbocycles. The summed E-state index contributed by atoms with van der Waals surface area (Å²) in [6.07, 6.45) is 1.71. The monoisotopic (exact) mass is 175 g/mol. The highest BCUT2D eigenvalue weighted by Crippen LogP contribution is 2.19. The molecule has 1 heterocycles. The van der Waals surface area contributed by atoms with Gasteiger partial charge in [-0.25, -0.2) is 0 Å². The molecule has 1 aliphatic heterocycles. The molecule has 0 aromatic heterocycles. The number of carbonyl (C=O) groups excluding carboxylic acids is 1. The summed E-state index contributed by atoms with van der Waals surface area (Å²) in [6.45, 7) is 1.99. The summed E-state index contributed by atoms with van der Waals surface area (Å²) >= 11 is 5.80. The fourth-order valence-corrected chi connectivity index (χ4v) is 1.31. The molecule has 1 atom stereocenters. The topological polar surface area (TPSA) is 29.5 Å². The zero-order chi connectivity index (χ0) is 8.43. The van der Waals surface area contributed by atoms with Crippen molar-refractivity contribution in [3.05, 3.63) is 11.6 Å². The van der Waals surface area contributed by atoms with Crippen molar-refractivity contribution in [1.82, 2.24) is 4.90 Å². The van der Waals surface area contributed by atoms with Crippen LogP contribution in [-0.4, -0.2) is 30.1 Å². The molecule has 0 bridgehead atoms. The lowest BCUT2D eigenvalue weighted by molar-refractivity contribution is -0.130. The zero-order valence-corrected chi connectivity index (χ0v) is 7.26. The Morgan fingerprint density at radius 3 is 2.82 bits per heavy atom. The first-order valence-electron chi connectivity index (χ1n) is 3.29. The number of carbonyl (C=O) groups is 1. The summed E-state index contributed by atoms with van der Waals surface area (Å²) in [5.74, 6) is -0.0492. The number of methoxy groups -OCH3 is 1. The minimum absolute atomic E-state index is 0.0492. The SMILES string of the molecule is COCN1C(=O)C(C)=CC1Cl. The molecule has 3 nitrogen and oxygen atoms in total. The third kappa shape index (κ3) is 1.54. The van der Waals surface area contributed by atoms with Gasteiger partial charge in [-0.1, -0.05) is 11.6 Å². The van der Waals surface area contributed by atoms with E-state index in [4.69, 9.17) is 16.3 Å². The van der Waals surface area contributed by atoms with Crippen LogP contribution in [0.3, 0.4) is 0 Å². The first-order valence-corrected chi connectivity index (χ1v) is 3.73. The van der Waals surface area contributed by atoms with Crippen molar-refractivity contribution >= 4 is 17.5 Å². The Balaban J connectivity index is 2.64. The van der Waals surface area contributed by atoms with Gasteiger partial charge in [0.1, 0.15) is 12.2 Å². The minimum Gasteiger partial charge on any atom is -0.364 e. The van der Waals surface area contributed by atoms with Crippen LogP contribution in [0.5, 0.6) is 0 Å². The molecule has 0 aliphatic carbocycles. The first kappa shape index (κ1) is 8.56. The molecule has 62 valence electrons. The van der Waals surface area contributed by atoms with Gasteiger partial charge in [-0.05, 0) is 13.0 Å². The van der Waals surface area contributed by atoms with Crippen LogP contribution >= 0.6 is 11.6 Å². The molecule has 0 spiro atoms. The van der Waals surface area contributed by atoms with Crippen molar-refractivity contribution in [1.29, 1.82) is 0 Å². The maximum atomic E-state index is 11.2. The molecule has 0 radical (unpaired) electrons. The van der Waals surface area contributed by atoms with Gasteiger partial charge < -0.3 is 4.74 Å². The van der Waals surface area contributed by atoms with Crippen LogP contribution in [0, 0.1) is 0 Å². The smallest absolute Gasteiger partial charge is 0.252 e. The van der Waals surface area contributed by atoms with E-state index in [0.717, 1.165) is 0 Å². The molecule has 1 unspecified atom stereocenters. The van der Waals surface area contributed by atoms with E-state index >= 15 is 0 Å². The highest BCUT2D eigenvalue weighted by Gasteiger charge is 2.27. The Bertz CT molecular complexity index is 203. The van der Waals surface area contributed by atoms with Gasteiger partial charge in [0.25, 0.3) is 5.91 Å². The lowest BCUT2D eigenvalue weighted by Gasteiger charge is -2.18. The van der Waals surface area contributed by atoms with Crippen LogP contribution < -0.4 is 0 Å². The lowest BCUT2D eigenvalue weighted by Crippen LogP contribution is -2.32. The molecular weight excluding hydrogens is 166 g/mol. The van der Waals surface area contributed by atoms with Gasteiger partial charge in [-0.3, -0.25) is 9.69 Å². The summed E-state index contributed by atoms with van der Waals surface area (Å²) < 4.78 is 4.80. The maximum absolute atomic E-state index is 11.2. The molecule has 0 aromatic rings. The minimum atomic E-state index is -0.345. The molecular formula is C7H10ClNO2. The molecule has 0 fully saturated rings.